The molecule has 0 radical (unpaired) electrons. The van der Waals surface area contributed by atoms with Gasteiger partial charge in [0.15, 0.2) is 0 Å². The summed E-state index contributed by atoms with van der Waals surface area (Å²) in [6.07, 6.45) is 0.770. The molecule has 0 saturated heterocycles. The van der Waals surface area contributed by atoms with Crippen molar-refractivity contribution in [2.45, 2.75) is 39.7 Å². The number of nitrogens with one attached hydrogen (secondary N) is 1. The predicted molar refractivity (Wildman–Crippen MR) is 85.0 cm³/mol. The molecule has 0 aliphatic carbocycles. The molecule has 0 aliphatic rings. The second kappa shape index (κ2) is 5.80. The van der Waals surface area contributed by atoms with Gasteiger partial charge in [0.25, 0.3) is 0 Å². The highest BCUT2D eigenvalue weighted by Gasteiger charge is 2.22. The van der Waals surface area contributed by atoms with Crippen LogP contribution in [0.3, 0.4) is 0 Å². The molecule has 1 atom stereocenters. The van der Waals surface area contributed by atoms with Crippen LogP contribution >= 0.6 is 0 Å². The highest BCUT2D eigenvalue weighted by atomic mass is 16.3. The Bertz CT molecular complexity index is 591. The van der Waals surface area contributed by atoms with Crippen LogP contribution in [0.2, 0.25) is 0 Å². The quantitative estimate of drug-likeness (QED) is 0.871. The maximum atomic E-state index is 10.4. The van der Waals surface area contributed by atoms with Crippen molar-refractivity contribution in [3.8, 4) is 0 Å². The molecule has 1 aromatic heterocycles. The SMILES string of the molecule is Cc1cc2ccccc2nc1NCC(C)(O)CC(C)C. The number of aromatic nitrogens is 1. The summed E-state index contributed by atoms with van der Waals surface area (Å²) in [5.41, 5.74) is 1.36. The number of hydrogen-bond donors (Lipinski definition) is 2. The fourth-order valence-corrected chi connectivity index (χ4v) is 2.63. The van der Waals surface area contributed by atoms with E-state index in [0.29, 0.717) is 12.5 Å². The molecule has 1 heterocycles. The second-order valence-corrected chi connectivity index (χ2v) is 6.30. The summed E-state index contributed by atoms with van der Waals surface area (Å²) in [5.74, 6) is 1.32. The molecule has 20 heavy (non-hydrogen) atoms. The normalized spacial score (nSPS) is 14.5. The minimum Gasteiger partial charge on any atom is -0.388 e. The molecule has 0 bridgehead atoms. The van der Waals surface area contributed by atoms with Crippen molar-refractivity contribution in [3.63, 3.8) is 0 Å². The second-order valence-electron chi connectivity index (χ2n) is 6.30. The lowest BCUT2D eigenvalue weighted by atomic mass is 9.94. The summed E-state index contributed by atoms with van der Waals surface area (Å²) in [6, 6.07) is 10.2. The Morgan fingerprint density at radius 1 is 1.30 bits per heavy atom. The van der Waals surface area contributed by atoms with Gasteiger partial charge in [-0.2, -0.15) is 0 Å². The first-order chi connectivity index (χ1) is 9.37. The van der Waals surface area contributed by atoms with Crippen LogP contribution < -0.4 is 5.32 Å². The molecule has 1 aromatic carbocycles. The number of aliphatic hydroxyl groups is 1. The van der Waals surface area contributed by atoms with E-state index in [1.165, 1.54) is 0 Å². The van der Waals surface area contributed by atoms with Gasteiger partial charge in [-0.1, -0.05) is 32.0 Å². The number of hydrogen-bond acceptors (Lipinski definition) is 3. The Morgan fingerprint density at radius 2 is 2.00 bits per heavy atom. The average molecular weight is 272 g/mol. The number of nitrogens with zero attached hydrogens (tertiary/aromatic N) is 1. The third kappa shape index (κ3) is 3.70. The molecule has 2 N–H and O–H groups in total. The number of benzene rings is 1. The summed E-state index contributed by atoms with van der Waals surface area (Å²) >= 11 is 0. The molecule has 0 spiro atoms. The van der Waals surface area contributed by atoms with Gasteiger partial charge < -0.3 is 10.4 Å². The van der Waals surface area contributed by atoms with Crippen LogP contribution in [0.1, 0.15) is 32.8 Å². The molecule has 108 valence electrons. The Kier molecular flexibility index (Phi) is 4.29. The maximum Gasteiger partial charge on any atom is 0.129 e. The van der Waals surface area contributed by atoms with Gasteiger partial charge in [-0.25, -0.2) is 4.98 Å². The number of anilines is 1. The Morgan fingerprint density at radius 3 is 2.70 bits per heavy atom. The van der Waals surface area contributed by atoms with Crippen molar-refractivity contribution in [3.05, 3.63) is 35.9 Å². The molecule has 0 amide bonds. The molecule has 3 heteroatoms. The van der Waals surface area contributed by atoms with E-state index in [9.17, 15) is 5.11 Å². The third-order valence-electron chi connectivity index (χ3n) is 3.40. The van der Waals surface area contributed by atoms with E-state index in [0.717, 1.165) is 28.7 Å². The van der Waals surface area contributed by atoms with E-state index >= 15 is 0 Å². The van der Waals surface area contributed by atoms with E-state index in [1.807, 2.05) is 32.0 Å². The van der Waals surface area contributed by atoms with Crippen molar-refractivity contribution in [1.82, 2.24) is 4.98 Å². The molecular formula is C17H24N2O. The number of para-hydroxylation sites is 1. The minimum absolute atomic E-state index is 0.470. The summed E-state index contributed by atoms with van der Waals surface area (Å²) in [7, 11) is 0. The summed E-state index contributed by atoms with van der Waals surface area (Å²) < 4.78 is 0. The van der Waals surface area contributed by atoms with E-state index in [-0.39, 0.29) is 0 Å². The first-order valence-electron chi connectivity index (χ1n) is 7.20. The topological polar surface area (TPSA) is 45.2 Å². The first kappa shape index (κ1) is 14.8. The molecule has 0 saturated carbocycles. The lowest BCUT2D eigenvalue weighted by Gasteiger charge is -2.26. The van der Waals surface area contributed by atoms with Crippen LogP contribution in [0.5, 0.6) is 0 Å². The Balaban J connectivity index is 2.15. The van der Waals surface area contributed by atoms with Gasteiger partial charge >= 0.3 is 0 Å². The third-order valence-corrected chi connectivity index (χ3v) is 3.40. The van der Waals surface area contributed by atoms with Crippen LogP contribution in [0, 0.1) is 12.8 Å². The minimum atomic E-state index is -0.714. The van der Waals surface area contributed by atoms with Gasteiger partial charge in [0.05, 0.1) is 11.1 Å². The molecule has 0 aliphatic heterocycles. The van der Waals surface area contributed by atoms with Crippen LogP contribution in [-0.4, -0.2) is 22.2 Å². The fourth-order valence-electron chi connectivity index (χ4n) is 2.63. The smallest absolute Gasteiger partial charge is 0.129 e. The molecule has 3 nitrogen and oxygen atoms in total. The van der Waals surface area contributed by atoms with Crippen molar-refractivity contribution < 1.29 is 5.11 Å². The van der Waals surface area contributed by atoms with Gasteiger partial charge in [-0.3, -0.25) is 0 Å². The first-order valence-corrected chi connectivity index (χ1v) is 7.20. The molecular weight excluding hydrogens is 248 g/mol. The van der Waals surface area contributed by atoms with E-state index in [4.69, 9.17) is 0 Å². The summed E-state index contributed by atoms with van der Waals surface area (Å²) in [4.78, 5) is 4.63. The zero-order valence-corrected chi connectivity index (χ0v) is 12.8. The fraction of sp³-hybridized carbons (Fsp3) is 0.471. The van der Waals surface area contributed by atoms with Crippen molar-refractivity contribution in [2.75, 3.05) is 11.9 Å². The summed E-state index contributed by atoms with van der Waals surface area (Å²) in [6.45, 7) is 8.66. The Labute approximate surface area is 121 Å². The maximum absolute atomic E-state index is 10.4. The molecule has 1 unspecified atom stereocenters. The lowest BCUT2D eigenvalue weighted by molar-refractivity contribution is 0.0515. The lowest BCUT2D eigenvalue weighted by Crippen LogP contribution is -2.35. The highest BCUT2D eigenvalue weighted by Crippen LogP contribution is 2.21. The van der Waals surface area contributed by atoms with Gasteiger partial charge in [0.2, 0.25) is 0 Å². The Hall–Kier alpha value is -1.61. The molecule has 2 rings (SSSR count). The van der Waals surface area contributed by atoms with E-state index in [2.05, 4.69) is 36.3 Å². The summed E-state index contributed by atoms with van der Waals surface area (Å²) in [5, 5.41) is 14.8. The van der Waals surface area contributed by atoms with Gasteiger partial charge in [-0.05, 0) is 43.9 Å². The zero-order valence-electron chi connectivity index (χ0n) is 12.8. The van der Waals surface area contributed by atoms with Crippen LogP contribution in [-0.2, 0) is 0 Å². The average Bonchev–Trinajstić information content (AvgIpc) is 2.34. The van der Waals surface area contributed by atoms with Gasteiger partial charge in [-0.15, -0.1) is 0 Å². The van der Waals surface area contributed by atoms with Crippen LogP contribution in [0.15, 0.2) is 30.3 Å². The number of pyridine rings is 1. The zero-order chi connectivity index (χ0) is 14.8. The van der Waals surface area contributed by atoms with Crippen LogP contribution in [0.25, 0.3) is 10.9 Å². The highest BCUT2D eigenvalue weighted by molar-refractivity contribution is 5.81. The van der Waals surface area contributed by atoms with E-state index in [1.54, 1.807) is 0 Å². The molecule has 0 fully saturated rings. The van der Waals surface area contributed by atoms with Crippen LogP contribution in [0.4, 0.5) is 5.82 Å². The van der Waals surface area contributed by atoms with Crippen molar-refractivity contribution in [1.29, 1.82) is 0 Å². The predicted octanol–water partition coefficient (Wildman–Crippen LogP) is 3.75. The monoisotopic (exact) mass is 272 g/mol. The molecule has 2 aromatic rings. The largest absolute Gasteiger partial charge is 0.388 e. The van der Waals surface area contributed by atoms with E-state index < -0.39 is 5.60 Å². The van der Waals surface area contributed by atoms with Crippen molar-refractivity contribution in [2.24, 2.45) is 5.92 Å². The standard InChI is InChI=1S/C17H24N2O/c1-12(2)10-17(4,20)11-18-16-13(3)9-14-7-5-6-8-15(14)19-16/h5-9,12,20H,10-11H2,1-4H3,(H,18,19). The van der Waals surface area contributed by atoms with Gasteiger partial charge in [0.1, 0.15) is 5.82 Å². The number of fused-ring (bicyclic) bond motifs is 1. The number of rotatable bonds is 5. The number of aryl methyl sites for hydroxylation is 1. The van der Waals surface area contributed by atoms with Crippen molar-refractivity contribution >= 4 is 16.7 Å². The van der Waals surface area contributed by atoms with Gasteiger partial charge in [0, 0.05) is 11.9 Å².